The highest BCUT2D eigenvalue weighted by Crippen LogP contribution is 2.40. The number of carbonyl (C=O) groups excluding carboxylic acids is 1. The Balaban J connectivity index is 1.99. The third-order valence-electron chi connectivity index (χ3n) is 3.82. The van der Waals surface area contributed by atoms with Gasteiger partial charge in [0.05, 0.1) is 24.7 Å². The molecule has 2 rings (SSSR count). The molecule has 1 heterocycles. The first-order chi connectivity index (χ1) is 9.21. The van der Waals surface area contributed by atoms with Gasteiger partial charge in [0.15, 0.2) is 0 Å². The average Bonchev–Trinajstić information content (AvgIpc) is 2.71. The van der Waals surface area contributed by atoms with Crippen LogP contribution in [0.2, 0.25) is 0 Å². The molecule has 2 atom stereocenters. The Bertz CT molecular complexity index is 403. The summed E-state index contributed by atoms with van der Waals surface area (Å²) in [6.07, 6.45) is 1.42. The molecule has 0 aromatic heterocycles. The Labute approximate surface area is 119 Å². The van der Waals surface area contributed by atoms with Gasteiger partial charge in [0.1, 0.15) is 5.60 Å². The number of hydrogen-bond acceptors (Lipinski definition) is 4. The number of amides is 1. The van der Waals surface area contributed by atoms with Crippen molar-refractivity contribution in [1.29, 1.82) is 0 Å². The maximum Gasteiger partial charge on any atom is 0.410 e. The Morgan fingerprint density at radius 3 is 2.65 bits per heavy atom. The lowest BCUT2D eigenvalue weighted by Crippen LogP contribution is -2.53. The van der Waals surface area contributed by atoms with E-state index in [0.29, 0.717) is 39.0 Å². The molecule has 1 spiro atoms. The van der Waals surface area contributed by atoms with Gasteiger partial charge in [-0.3, -0.25) is 4.79 Å². The summed E-state index contributed by atoms with van der Waals surface area (Å²) in [5.41, 5.74) is -1.03. The first-order valence-corrected chi connectivity index (χ1v) is 7.05. The smallest absolute Gasteiger partial charge is 0.410 e. The Kier molecular flexibility index (Phi) is 3.95. The second-order valence-electron chi connectivity index (χ2n) is 6.71. The number of carbonyl (C=O) groups is 2. The van der Waals surface area contributed by atoms with E-state index in [2.05, 4.69) is 0 Å². The van der Waals surface area contributed by atoms with E-state index in [1.165, 1.54) is 0 Å². The van der Waals surface area contributed by atoms with Gasteiger partial charge < -0.3 is 19.5 Å². The van der Waals surface area contributed by atoms with Crippen molar-refractivity contribution in [2.75, 3.05) is 19.7 Å². The van der Waals surface area contributed by atoms with Crippen LogP contribution in [0.25, 0.3) is 0 Å². The molecule has 6 heteroatoms. The van der Waals surface area contributed by atoms with Crippen molar-refractivity contribution in [3.63, 3.8) is 0 Å². The van der Waals surface area contributed by atoms with Crippen LogP contribution in [0, 0.1) is 5.92 Å². The van der Waals surface area contributed by atoms with Crippen molar-refractivity contribution >= 4 is 12.1 Å². The van der Waals surface area contributed by atoms with Gasteiger partial charge in [0.2, 0.25) is 0 Å². The van der Waals surface area contributed by atoms with Gasteiger partial charge in [-0.1, -0.05) is 0 Å². The number of ether oxygens (including phenoxy) is 2. The summed E-state index contributed by atoms with van der Waals surface area (Å²) in [4.78, 5) is 24.8. The number of aliphatic carboxylic acids is 1. The third kappa shape index (κ3) is 3.42. The monoisotopic (exact) mass is 285 g/mol. The predicted octanol–water partition coefficient (Wildman–Crippen LogP) is 1.88. The predicted molar refractivity (Wildman–Crippen MR) is 71.5 cm³/mol. The SMILES string of the molecule is CC(C)(C)OC(=O)N1CCO[C@]2(CC[C@H](C(=O)O)C2)C1. The van der Waals surface area contributed by atoms with Crippen LogP contribution in [-0.2, 0) is 14.3 Å². The van der Waals surface area contributed by atoms with E-state index in [0.717, 1.165) is 0 Å². The Morgan fingerprint density at radius 2 is 2.10 bits per heavy atom. The number of morpholine rings is 1. The molecule has 20 heavy (non-hydrogen) atoms. The summed E-state index contributed by atoms with van der Waals surface area (Å²) < 4.78 is 11.2. The molecule has 114 valence electrons. The largest absolute Gasteiger partial charge is 0.481 e. The molecule has 1 aliphatic heterocycles. The molecular weight excluding hydrogens is 262 g/mol. The van der Waals surface area contributed by atoms with E-state index in [1.807, 2.05) is 20.8 Å². The van der Waals surface area contributed by atoms with Crippen LogP contribution in [0.4, 0.5) is 4.79 Å². The minimum absolute atomic E-state index is 0.348. The van der Waals surface area contributed by atoms with Gasteiger partial charge in [-0.05, 0) is 40.0 Å². The van der Waals surface area contributed by atoms with Crippen LogP contribution in [0.3, 0.4) is 0 Å². The molecule has 0 radical (unpaired) electrons. The first kappa shape index (κ1) is 15.1. The molecular formula is C14H23NO5. The topological polar surface area (TPSA) is 76.1 Å². The fraction of sp³-hybridized carbons (Fsp3) is 0.857. The molecule has 1 saturated carbocycles. The van der Waals surface area contributed by atoms with Crippen LogP contribution < -0.4 is 0 Å². The van der Waals surface area contributed by atoms with E-state index in [4.69, 9.17) is 14.6 Å². The number of carboxylic acid groups (broad SMARTS) is 1. The highest BCUT2D eigenvalue weighted by atomic mass is 16.6. The van der Waals surface area contributed by atoms with Crippen molar-refractivity contribution in [2.45, 2.75) is 51.2 Å². The lowest BCUT2D eigenvalue weighted by molar-refractivity contribution is -0.143. The number of carboxylic acids is 1. The molecule has 1 aliphatic carbocycles. The Morgan fingerprint density at radius 1 is 1.40 bits per heavy atom. The number of hydrogen-bond donors (Lipinski definition) is 1. The van der Waals surface area contributed by atoms with E-state index in [1.54, 1.807) is 4.90 Å². The average molecular weight is 285 g/mol. The van der Waals surface area contributed by atoms with Crippen molar-refractivity contribution in [2.24, 2.45) is 5.92 Å². The van der Waals surface area contributed by atoms with Gasteiger partial charge in [-0.15, -0.1) is 0 Å². The maximum absolute atomic E-state index is 12.1. The fourth-order valence-corrected chi connectivity index (χ4v) is 2.90. The quantitative estimate of drug-likeness (QED) is 0.796. The lowest BCUT2D eigenvalue weighted by Gasteiger charge is -2.40. The molecule has 1 saturated heterocycles. The molecule has 0 bridgehead atoms. The van der Waals surface area contributed by atoms with Crippen molar-refractivity contribution in [1.82, 2.24) is 4.90 Å². The zero-order valence-electron chi connectivity index (χ0n) is 12.3. The van der Waals surface area contributed by atoms with E-state index < -0.39 is 17.2 Å². The first-order valence-electron chi connectivity index (χ1n) is 7.05. The Hall–Kier alpha value is -1.30. The summed E-state index contributed by atoms with van der Waals surface area (Å²) in [5, 5.41) is 9.09. The van der Waals surface area contributed by atoms with Gasteiger partial charge in [-0.2, -0.15) is 0 Å². The van der Waals surface area contributed by atoms with Crippen LogP contribution in [0.5, 0.6) is 0 Å². The van der Waals surface area contributed by atoms with E-state index >= 15 is 0 Å². The minimum atomic E-state index is -0.778. The fourth-order valence-electron chi connectivity index (χ4n) is 2.90. The number of rotatable bonds is 1. The van der Waals surface area contributed by atoms with Crippen LogP contribution in [0.1, 0.15) is 40.0 Å². The van der Waals surface area contributed by atoms with Crippen molar-refractivity contribution < 1.29 is 24.2 Å². The van der Waals surface area contributed by atoms with Gasteiger partial charge in [0, 0.05) is 6.54 Å². The zero-order chi connectivity index (χ0) is 15.0. The van der Waals surface area contributed by atoms with Crippen molar-refractivity contribution in [3.8, 4) is 0 Å². The minimum Gasteiger partial charge on any atom is -0.481 e. The normalized spacial score (nSPS) is 30.6. The second-order valence-corrected chi connectivity index (χ2v) is 6.71. The molecule has 0 unspecified atom stereocenters. The zero-order valence-corrected chi connectivity index (χ0v) is 12.3. The third-order valence-corrected chi connectivity index (χ3v) is 3.82. The maximum atomic E-state index is 12.1. The summed E-state index contributed by atoms with van der Waals surface area (Å²) >= 11 is 0. The van der Waals surface area contributed by atoms with E-state index in [9.17, 15) is 9.59 Å². The molecule has 2 aliphatic rings. The van der Waals surface area contributed by atoms with Crippen LogP contribution in [-0.4, -0.2) is 53.0 Å². The second kappa shape index (κ2) is 5.24. The summed E-state index contributed by atoms with van der Waals surface area (Å²) in [6.45, 7) is 6.84. The lowest BCUT2D eigenvalue weighted by atomic mass is 9.98. The highest BCUT2D eigenvalue weighted by Gasteiger charge is 2.47. The van der Waals surface area contributed by atoms with Crippen LogP contribution >= 0.6 is 0 Å². The standard InChI is InChI=1S/C14H23NO5/c1-13(2,3)20-12(18)15-6-7-19-14(9-15)5-4-10(8-14)11(16)17/h10H,4-9H2,1-3H3,(H,16,17)/t10-,14-/m0/s1. The van der Waals surface area contributed by atoms with Crippen molar-refractivity contribution in [3.05, 3.63) is 0 Å². The highest BCUT2D eigenvalue weighted by molar-refractivity contribution is 5.71. The van der Waals surface area contributed by atoms with Gasteiger partial charge in [-0.25, -0.2) is 4.79 Å². The summed E-state index contributed by atoms with van der Waals surface area (Å²) in [5.74, 6) is -1.14. The molecule has 1 N–H and O–H groups in total. The summed E-state index contributed by atoms with van der Waals surface area (Å²) in [6, 6.07) is 0. The molecule has 2 fully saturated rings. The van der Waals surface area contributed by atoms with Gasteiger partial charge >= 0.3 is 12.1 Å². The molecule has 1 amide bonds. The number of nitrogens with zero attached hydrogens (tertiary/aromatic N) is 1. The summed E-state index contributed by atoms with van der Waals surface area (Å²) in [7, 11) is 0. The van der Waals surface area contributed by atoms with E-state index in [-0.39, 0.29) is 12.0 Å². The van der Waals surface area contributed by atoms with Gasteiger partial charge in [0.25, 0.3) is 0 Å². The molecule has 6 nitrogen and oxygen atoms in total. The molecule has 0 aromatic rings. The van der Waals surface area contributed by atoms with Crippen LogP contribution in [0.15, 0.2) is 0 Å². The molecule has 0 aromatic carbocycles.